The fourth-order valence-electron chi connectivity index (χ4n) is 0.750. The number of aliphatic hydroxyl groups excluding tert-OH is 1. The van der Waals surface area contributed by atoms with Crippen molar-refractivity contribution < 1.29 is 34.2 Å². The summed E-state index contributed by atoms with van der Waals surface area (Å²) >= 11 is 0. The Labute approximate surface area is 82.1 Å². The van der Waals surface area contributed by atoms with E-state index in [-0.39, 0.29) is 13.2 Å². The number of hydrogen-bond acceptors (Lipinski definition) is 8. The van der Waals surface area contributed by atoms with Crippen molar-refractivity contribution in [1.82, 2.24) is 5.06 Å². The molecule has 10 heteroatoms. The van der Waals surface area contributed by atoms with E-state index < -0.39 is 22.2 Å². The third kappa shape index (κ3) is 9.11. The van der Waals surface area contributed by atoms with Gasteiger partial charge in [0, 0.05) is 0 Å². The summed E-state index contributed by atoms with van der Waals surface area (Å²) in [6.45, 7) is 0.488. The van der Waals surface area contributed by atoms with Crippen molar-refractivity contribution in [2.45, 2.75) is 0 Å². The summed E-state index contributed by atoms with van der Waals surface area (Å²) in [5.74, 6) is 0. The van der Waals surface area contributed by atoms with E-state index in [0.717, 1.165) is 11.7 Å². The molecular formula is C4H17NO7P2. The van der Waals surface area contributed by atoms with Gasteiger partial charge in [0.15, 0.2) is 0 Å². The summed E-state index contributed by atoms with van der Waals surface area (Å²) in [6, 6.07) is 0. The summed E-state index contributed by atoms with van der Waals surface area (Å²) in [4.78, 5) is 44.0. The predicted molar refractivity (Wildman–Crippen MR) is 53.4 cm³/mol. The summed E-state index contributed by atoms with van der Waals surface area (Å²) in [7, 11) is -8.22. The summed E-state index contributed by atoms with van der Waals surface area (Å²) in [5.41, 5.74) is 0. The fraction of sp³-hybridized carbons (Fsp3) is 1.00. The first kappa shape index (κ1) is 14.5. The SMILES string of the molecule is C[PH](O)(O)ON(CCO)C[PH](O)(O)O. The van der Waals surface area contributed by atoms with Gasteiger partial charge in [-0.05, 0) is 0 Å². The monoisotopic (exact) mass is 253 g/mol. The minimum atomic E-state index is -4.37. The predicted octanol–water partition coefficient (Wildman–Crippen LogP) is -2.25. The number of aliphatic hydroxyl groups is 1. The molecule has 0 amide bonds. The third-order valence-corrected chi connectivity index (χ3v) is 2.42. The van der Waals surface area contributed by atoms with Crippen LogP contribution in [0.3, 0.4) is 0 Å². The van der Waals surface area contributed by atoms with E-state index >= 15 is 0 Å². The van der Waals surface area contributed by atoms with Crippen LogP contribution in [-0.2, 0) is 4.62 Å². The molecular weight excluding hydrogens is 236 g/mol. The zero-order valence-corrected chi connectivity index (χ0v) is 9.66. The summed E-state index contributed by atoms with van der Waals surface area (Å²) in [6.07, 6.45) is -0.655. The first-order chi connectivity index (χ1) is 6.14. The van der Waals surface area contributed by atoms with Crippen molar-refractivity contribution in [1.29, 1.82) is 0 Å². The van der Waals surface area contributed by atoms with E-state index in [1.54, 1.807) is 0 Å². The first-order valence-corrected chi connectivity index (χ1v) is 8.16. The van der Waals surface area contributed by atoms with Gasteiger partial charge in [0.1, 0.15) is 0 Å². The molecule has 0 atom stereocenters. The molecule has 8 nitrogen and oxygen atoms in total. The van der Waals surface area contributed by atoms with E-state index in [4.69, 9.17) is 29.6 Å². The van der Waals surface area contributed by atoms with Gasteiger partial charge in [-0.25, -0.2) is 0 Å². The van der Waals surface area contributed by atoms with Crippen molar-refractivity contribution in [3.8, 4) is 0 Å². The maximum absolute atomic E-state index is 8.93. The molecule has 6 N–H and O–H groups in total. The van der Waals surface area contributed by atoms with Crippen molar-refractivity contribution in [2.75, 3.05) is 26.1 Å². The Hall–Kier alpha value is 0.540. The Morgan fingerprint density at radius 3 is 1.93 bits per heavy atom. The Kier molecular flexibility index (Phi) is 5.79. The first-order valence-electron chi connectivity index (χ1n) is 3.81. The molecule has 0 aromatic carbocycles. The molecule has 0 saturated carbocycles. The molecule has 0 unspecified atom stereocenters. The van der Waals surface area contributed by atoms with Crippen LogP contribution < -0.4 is 0 Å². The maximum atomic E-state index is 8.93. The molecule has 0 heterocycles. The minimum absolute atomic E-state index is 0.167. The molecule has 0 aliphatic heterocycles. The number of hydrogen-bond donors (Lipinski definition) is 6. The molecule has 90 valence electrons. The van der Waals surface area contributed by atoms with E-state index in [2.05, 4.69) is 4.62 Å². The molecule has 0 aromatic heterocycles. The fourth-order valence-corrected chi connectivity index (χ4v) is 2.22. The molecule has 0 spiro atoms. The zero-order chi connectivity index (χ0) is 11.4. The van der Waals surface area contributed by atoms with Crippen LogP contribution in [0.15, 0.2) is 0 Å². The Morgan fingerprint density at radius 2 is 1.64 bits per heavy atom. The Balaban J connectivity index is 4.16. The van der Waals surface area contributed by atoms with Crippen LogP contribution in [0, 0.1) is 0 Å². The molecule has 0 aromatic rings. The number of nitrogens with zero attached hydrogens (tertiary/aromatic N) is 1. The third-order valence-electron chi connectivity index (χ3n) is 1.04. The van der Waals surface area contributed by atoms with Gasteiger partial charge < -0.3 is 0 Å². The van der Waals surface area contributed by atoms with Gasteiger partial charge >= 0.3 is 81.3 Å². The second kappa shape index (κ2) is 5.58. The molecule has 0 rings (SSSR count). The molecule has 0 fully saturated rings. The number of hydroxylamine groups is 2. The van der Waals surface area contributed by atoms with E-state index in [1.807, 2.05) is 0 Å². The van der Waals surface area contributed by atoms with E-state index in [1.165, 1.54) is 0 Å². The van der Waals surface area contributed by atoms with Crippen molar-refractivity contribution in [3.63, 3.8) is 0 Å². The second-order valence-corrected chi connectivity index (χ2v) is 6.80. The van der Waals surface area contributed by atoms with Crippen LogP contribution in [0.5, 0.6) is 0 Å². The normalized spacial score (nSPS) is 16.0. The van der Waals surface area contributed by atoms with Crippen LogP contribution in [-0.4, -0.2) is 60.7 Å². The molecule has 0 radical (unpaired) electrons. The zero-order valence-electron chi connectivity index (χ0n) is 7.66. The Bertz CT molecular complexity index is 150. The van der Waals surface area contributed by atoms with Crippen molar-refractivity contribution >= 4 is 15.9 Å². The molecule has 14 heavy (non-hydrogen) atoms. The van der Waals surface area contributed by atoms with Gasteiger partial charge in [0.05, 0.1) is 0 Å². The van der Waals surface area contributed by atoms with Crippen molar-refractivity contribution in [2.24, 2.45) is 0 Å². The second-order valence-electron chi connectivity index (χ2n) is 2.89. The molecule has 0 bridgehead atoms. The summed E-state index contributed by atoms with van der Waals surface area (Å²) < 4.78 is 4.53. The molecule has 0 aliphatic carbocycles. The standard InChI is InChI=1S/C4H17NO7P2/c1-13(7,8)12-5(2-3-6)4-14(9,10)11/h6-11,13-14H,2-4H2,1H3. The van der Waals surface area contributed by atoms with Gasteiger partial charge in [-0.15, -0.1) is 0 Å². The van der Waals surface area contributed by atoms with Crippen LogP contribution in [0.1, 0.15) is 0 Å². The van der Waals surface area contributed by atoms with Gasteiger partial charge in [-0.3, -0.25) is 0 Å². The summed E-state index contributed by atoms with van der Waals surface area (Å²) in [5, 5.41) is 9.25. The van der Waals surface area contributed by atoms with Gasteiger partial charge in [0.25, 0.3) is 0 Å². The topological polar surface area (TPSA) is 134 Å². The van der Waals surface area contributed by atoms with Crippen LogP contribution >= 0.6 is 15.9 Å². The Morgan fingerprint density at radius 1 is 1.14 bits per heavy atom. The average molecular weight is 253 g/mol. The van der Waals surface area contributed by atoms with Gasteiger partial charge in [0.2, 0.25) is 0 Å². The molecule has 0 saturated heterocycles. The van der Waals surface area contributed by atoms with Crippen LogP contribution in [0.25, 0.3) is 0 Å². The van der Waals surface area contributed by atoms with E-state index in [9.17, 15) is 0 Å². The van der Waals surface area contributed by atoms with Crippen LogP contribution in [0.4, 0.5) is 0 Å². The van der Waals surface area contributed by atoms with Crippen LogP contribution in [0.2, 0.25) is 0 Å². The molecule has 0 aliphatic rings. The van der Waals surface area contributed by atoms with Gasteiger partial charge in [-0.2, -0.15) is 0 Å². The van der Waals surface area contributed by atoms with Gasteiger partial charge in [-0.1, -0.05) is 0 Å². The van der Waals surface area contributed by atoms with E-state index in [0.29, 0.717) is 0 Å². The quantitative estimate of drug-likeness (QED) is 0.231. The van der Waals surface area contributed by atoms with Crippen molar-refractivity contribution in [3.05, 3.63) is 0 Å². The number of rotatable bonds is 6. The average Bonchev–Trinajstić information content (AvgIpc) is 1.78.